The molecule has 2 amide bonds. The fourth-order valence-corrected chi connectivity index (χ4v) is 3.33. The molecule has 0 aromatic heterocycles. The highest BCUT2D eigenvalue weighted by Crippen LogP contribution is 2.33. The van der Waals surface area contributed by atoms with Crippen LogP contribution in [0.25, 0.3) is 0 Å². The van der Waals surface area contributed by atoms with Gasteiger partial charge in [-0.15, -0.1) is 0 Å². The van der Waals surface area contributed by atoms with Crippen LogP contribution < -0.4 is 25.0 Å². The fourth-order valence-electron chi connectivity index (χ4n) is 3.16. The van der Waals surface area contributed by atoms with Gasteiger partial charge in [0.2, 0.25) is 0 Å². The molecule has 0 spiro atoms. The number of hydrogen-bond donors (Lipinski definition) is 2. The molecule has 6 nitrogen and oxygen atoms in total. The summed E-state index contributed by atoms with van der Waals surface area (Å²) >= 11 is 6.12. The topological polar surface area (TPSA) is 62.8 Å². The summed E-state index contributed by atoms with van der Waals surface area (Å²) < 4.78 is 10.8. The van der Waals surface area contributed by atoms with Crippen LogP contribution in [0.3, 0.4) is 0 Å². The van der Waals surface area contributed by atoms with Gasteiger partial charge in [0, 0.05) is 29.8 Å². The van der Waals surface area contributed by atoms with Crippen molar-refractivity contribution in [1.29, 1.82) is 0 Å². The molecule has 0 saturated carbocycles. The van der Waals surface area contributed by atoms with Gasteiger partial charge in [-0.1, -0.05) is 11.6 Å². The quantitative estimate of drug-likeness (QED) is 0.779. The van der Waals surface area contributed by atoms with E-state index in [1.165, 1.54) is 0 Å². The van der Waals surface area contributed by atoms with E-state index in [0.29, 0.717) is 18.2 Å². The molecule has 0 radical (unpaired) electrons. The molecule has 1 aliphatic rings. The maximum absolute atomic E-state index is 12.3. The third kappa shape index (κ3) is 4.98. The van der Waals surface area contributed by atoms with Gasteiger partial charge in [0.25, 0.3) is 0 Å². The predicted molar refractivity (Wildman–Crippen MR) is 108 cm³/mol. The SMILES string of the molecule is CCOc1ccc(NC(=O)NC2CCN(c3cc(Cl)ccc3OC)C2)cc1. The summed E-state index contributed by atoms with van der Waals surface area (Å²) in [6.07, 6.45) is 0.854. The largest absolute Gasteiger partial charge is 0.495 e. The van der Waals surface area contributed by atoms with Crippen molar-refractivity contribution in [2.75, 3.05) is 37.0 Å². The first-order chi connectivity index (χ1) is 13.1. The Hall–Kier alpha value is -2.60. The van der Waals surface area contributed by atoms with E-state index in [1.54, 1.807) is 13.2 Å². The first-order valence-corrected chi connectivity index (χ1v) is 9.35. The zero-order chi connectivity index (χ0) is 19.2. The molecule has 144 valence electrons. The summed E-state index contributed by atoms with van der Waals surface area (Å²) in [5.41, 5.74) is 1.67. The highest BCUT2D eigenvalue weighted by molar-refractivity contribution is 6.30. The van der Waals surface area contributed by atoms with Gasteiger partial charge < -0.3 is 25.0 Å². The maximum Gasteiger partial charge on any atom is 0.319 e. The Labute approximate surface area is 164 Å². The van der Waals surface area contributed by atoms with E-state index in [9.17, 15) is 4.79 Å². The van der Waals surface area contributed by atoms with Gasteiger partial charge in [0.05, 0.1) is 19.4 Å². The number of hydrogen-bond acceptors (Lipinski definition) is 4. The summed E-state index contributed by atoms with van der Waals surface area (Å²) in [6, 6.07) is 12.7. The number of ether oxygens (including phenoxy) is 2. The van der Waals surface area contributed by atoms with Gasteiger partial charge >= 0.3 is 6.03 Å². The molecule has 0 aliphatic carbocycles. The Morgan fingerprint density at radius 1 is 1.26 bits per heavy atom. The first-order valence-electron chi connectivity index (χ1n) is 8.98. The molecule has 2 aromatic rings. The summed E-state index contributed by atoms with van der Waals surface area (Å²) in [5, 5.41) is 6.54. The normalized spacial score (nSPS) is 16.1. The number of nitrogens with zero attached hydrogens (tertiary/aromatic N) is 1. The standard InChI is InChI=1S/C20H24ClN3O3/c1-3-27-17-7-5-15(6-8-17)22-20(25)23-16-10-11-24(13-16)18-12-14(21)4-9-19(18)26-2/h4-9,12,16H,3,10-11,13H2,1-2H3,(H2,22,23,25). The summed E-state index contributed by atoms with van der Waals surface area (Å²) in [7, 11) is 1.64. The van der Waals surface area contributed by atoms with Crippen LogP contribution in [0, 0.1) is 0 Å². The molecular weight excluding hydrogens is 366 g/mol. The van der Waals surface area contributed by atoms with Crippen molar-refractivity contribution in [3.05, 3.63) is 47.5 Å². The number of benzene rings is 2. The molecule has 0 bridgehead atoms. The van der Waals surface area contributed by atoms with Crippen molar-refractivity contribution >= 4 is 29.0 Å². The first kappa shape index (κ1) is 19.2. The Bertz CT molecular complexity index is 783. The number of carbonyl (C=O) groups is 1. The number of methoxy groups -OCH3 is 1. The van der Waals surface area contributed by atoms with E-state index in [2.05, 4.69) is 15.5 Å². The Balaban J connectivity index is 1.55. The summed E-state index contributed by atoms with van der Waals surface area (Å²) in [5.74, 6) is 1.56. The molecule has 1 unspecified atom stereocenters. The minimum atomic E-state index is -0.218. The second-order valence-corrected chi connectivity index (χ2v) is 6.74. The van der Waals surface area contributed by atoms with Crippen molar-refractivity contribution in [2.24, 2.45) is 0 Å². The van der Waals surface area contributed by atoms with Crippen LogP contribution in [0.2, 0.25) is 5.02 Å². The van der Waals surface area contributed by atoms with E-state index in [4.69, 9.17) is 21.1 Å². The Morgan fingerprint density at radius 2 is 2.04 bits per heavy atom. The predicted octanol–water partition coefficient (Wildman–Crippen LogP) is 4.15. The number of nitrogens with one attached hydrogen (secondary N) is 2. The molecular formula is C20H24ClN3O3. The van der Waals surface area contributed by atoms with E-state index in [1.807, 2.05) is 43.3 Å². The third-order valence-electron chi connectivity index (χ3n) is 4.43. The van der Waals surface area contributed by atoms with Crippen molar-refractivity contribution in [1.82, 2.24) is 5.32 Å². The lowest BCUT2D eigenvalue weighted by molar-refractivity contribution is 0.249. The lowest BCUT2D eigenvalue weighted by Crippen LogP contribution is -2.39. The molecule has 7 heteroatoms. The average molecular weight is 390 g/mol. The fraction of sp³-hybridized carbons (Fsp3) is 0.350. The molecule has 1 heterocycles. The number of amides is 2. The Kier molecular flexibility index (Phi) is 6.29. The molecule has 3 rings (SSSR count). The molecule has 1 aliphatic heterocycles. The second-order valence-electron chi connectivity index (χ2n) is 6.30. The van der Waals surface area contributed by atoms with Crippen LogP contribution >= 0.6 is 11.6 Å². The monoisotopic (exact) mass is 389 g/mol. The number of anilines is 2. The van der Waals surface area contributed by atoms with Crippen molar-refractivity contribution in [3.63, 3.8) is 0 Å². The van der Waals surface area contributed by atoms with Crippen LogP contribution in [-0.2, 0) is 0 Å². The number of urea groups is 1. The van der Waals surface area contributed by atoms with Crippen LogP contribution in [-0.4, -0.2) is 38.9 Å². The molecule has 2 aromatic carbocycles. The van der Waals surface area contributed by atoms with Gasteiger partial charge in [-0.05, 0) is 55.8 Å². The lowest BCUT2D eigenvalue weighted by Gasteiger charge is -2.22. The zero-order valence-electron chi connectivity index (χ0n) is 15.5. The van der Waals surface area contributed by atoms with Crippen LogP contribution in [0.1, 0.15) is 13.3 Å². The van der Waals surface area contributed by atoms with Gasteiger partial charge in [-0.2, -0.15) is 0 Å². The molecule has 1 saturated heterocycles. The molecule has 1 fully saturated rings. The van der Waals surface area contributed by atoms with Crippen LogP contribution in [0.5, 0.6) is 11.5 Å². The van der Waals surface area contributed by atoms with Gasteiger partial charge in [-0.25, -0.2) is 4.79 Å². The van der Waals surface area contributed by atoms with Crippen LogP contribution in [0.4, 0.5) is 16.2 Å². The van der Waals surface area contributed by atoms with Gasteiger partial charge in [0.15, 0.2) is 0 Å². The lowest BCUT2D eigenvalue weighted by atomic mass is 10.2. The van der Waals surface area contributed by atoms with Gasteiger partial charge in [0.1, 0.15) is 11.5 Å². The summed E-state index contributed by atoms with van der Waals surface area (Å²) in [4.78, 5) is 14.5. The van der Waals surface area contributed by atoms with E-state index < -0.39 is 0 Å². The number of rotatable bonds is 6. The van der Waals surface area contributed by atoms with Crippen molar-refractivity contribution < 1.29 is 14.3 Å². The highest BCUT2D eigenvalue weighted by atomic mass is 35.5. The minimum Gasteiger partial charge on any atom is -0.495 e. The zero-order valence-corrected chi connectivity index (χ0v) is 16.3. The average Bonchev–Trinajstić information content (AvgIpc) is 3.11. The van der Waals surface area contributed by atoms with E-state index in [-0.39, 0.29) is 12.1 Å². The van der Waals surface area contributed by atoms with E-state index >= 15 is 0 Å². The second kappa shape index (κ2) is 8.86. The third-order valence-corrected chi connectivity index (χ3v) is 4.66. The molecule has 1 atom stereocenters. The van der Waals surface area contributed by atoms with Crippen LogP contribution in [0.15, 0.2) is 42.5 Å². The smallest absolute Gasteiger partial charge is 0.319 e. The minimum absolute atomic E-state index is 0.0522. The van der Waals surface area contributed by atoms with E-state index in [0.717, 1.165) is 35.8 Å². The molecule has 27 heavy (non-hydrogen) atoms. The number of carbonyl (C=O) groups excluding carboxylic acids is 1. The maximum atomic E-state index is 12.3. The summed E-state index contributed by atoms with van der Waals surface area (Å²) in [6.45, 7) is 4.07. The van der Waals surface area contributed by atoms with Gasteiger partial charge in [-0.3, -0.25) is 0 Å². The Morgan fingerprint density at radius 3 is 2.74 bits per heavy atom. The molecule has 2 N–H and O–H groups in total. The highest BCUT2D eigenvalue weighted by Gasteiger charge is 2.26. The van der Waals surface area contributed by atoms with Crippen molar-refractivity contribution in [3.8, 4) is 11.5 Å². The van der Waals surface area contributed by atoms with Crippen molar-refractivity contribution in [2.45, 2.75) is 19.4 Å². The number of halogens is 1.